The first-order valence-corrected chi connectivity index (χ1v) is 11.8. The van der Waals surface area contributed by atoms with Gasteiger partial charge in [0.25, 0.3) is 0 Å². The molecule has 0 aliphatic carbocycles. The molecule has 2 atom stereocenters. The Balaban J connectivity index is 1.36. The van der Waals surface area contributed by atoms with E-state index in [0.717, 1.165) is 38.4 Å². The molecule has 3 aliphatic heterocycles. The Hall–Kier alpha value is -1.91. The maximum Gasteiger partial charge on any atom is 0.123 e. The number of rotatable bonds is 6. The van der Waals surface area contributed by atoms with Gasteiger partial charge in [-0.25, -0.2) is 4.39 Å². The number of nitrogens with zero attached hydrogens (tertiary/aromatic N) is 2. The lowest BCUT2D eigenvalue weighted by Crippen LogP contribution is -2.35. The third-order valence-electron chi connectivity index (χ3n) is 7.19. The molecule has 0 bridgehead atoms. The van der Waals surface area contributed by atoms with Gasteiger partial charge in [-0.05, 0) is 81.1 Å². The molecule has 3 heterocycles. The third-order valence-corrected chi connectivity index (χ3v) is 7.19. The van der Waals surface area contributed by atoms with Crippen molar-refractivity contribution in [3.8, 4) is 5.75 Å². The second kappa shape index (κ2) is 9.07. The van der Waals surface area contributed by atoms with Gasteiger partial charge in [0.2, 0.25) is 0 Å². The summed E-state index contributed by atoms with van der Waals surface area (Å²) in [6.07, 6.45) is 7.60. The number of halogens is 1. The Morgan fingerprint density at radius 2 is 1.77 bits per heavy atom. The van der Waals surface area contributed by atoms with Crippen molar-refractivity contribution >= 4 is 0 Å². The van der Waals surface area contributed by atoms with Crippen LogP contribution in [0.5, 0.6) is 5.75 Å². The quantitative estimate of drug-likeness (QED) is 0.598. The SMILES string of the molecule is Fc1ccc(C2CN3CCCC3c3cccc(OCCCN4CCCCC4)c32)cc1. The van der Waals surface area contributed by atoms with E-state index in [1.165, 1.54) is 61.9 Å². The lowest BCUT2D eigenvalue weighted by molar-refractivity contribution is 0.200. The van der Waals surface area contributed by atoms with Crippen LogP contribution in [-0.4, -0.2) is 49.1 Å². The van der Waals surface area contributed by atoms with Gasteiger partial charge in [-0.3, -0.25) is 4.90 Å². The van der Waals surface area contributed by atoms with E-state index in [1.807, 2.05) is 12.1 Å². The van der Waals surface area contributed by atoms with Gasteiger partial charge in [-0.15, -0.1) is 0 Å². The average molecular weight is 409 g/mol. The molecule has 2 saturated heterocycles. The molecule has 2 fully saturated rings. The molecule has 5 rings (SSSR count). The standard InChI is InChI=1S/C26H33FN2O/c27-21-12-10-20(11-13-21)23-19-29-17-5-8-24(29)22-7-4-9-25(26(22)23)30-18-6-16-28-14-2-1-3-15-28/h4,7,9-13,23-24H,1-3,5-6,8,14-19H2. The van der Waals surface area contributed by atoms with Crippen molar-refractivity contribution in [3.63, 3.8) is 0 Å². The number of hydrogen-bond donors (Lipinski definition) is 0. The molecule has 4 heteroatoms. The summed E-state index contributed by atoms with van der Waals surface area (Å²) in [7, 11) is 0. The van der Waals surface area contributed by atoms with Crippen LogP contribution in [0.1, 0.15) is 67.2 Å². The van der Waals surface area contributed by atoms with Gasteiger partial charge < -0.3 is 9.64 Å². The number of benzene rings is 2. The zero-order valence-corrected chi connectivity index (χ0v) is 17.9. The second-order valence-electron chi connectivity index (χ2n) is 9.12. The minimum atomic E-state index is -0.170. The summed E-state index contributed by atoms with van der Waals surface area (Å²) in [5.41, 5.74) is 3.94. The summed E-state index contributed by atoms with van der Waals surface area (Å²) in [6, 6.07) is 14.2. The molecule has 0 amide bonds. The molecule has 0 aromatic heterocycles. The van der Waals surface area contributed by atoms with Crippen molar-refractivity contribution in [3.05, 3.63) is 65.0 Å². The minimum absolute atomic E-state index is 0.170. The van der Waals surface area contributed by atoms with Crippen LogP contribution in [0.25, 0.3) is 0 Å². The highest BCUT2D eigenvalue weighted by molar-refractivity contribution is 5.51. The molecule has 160 valence electrons. The predicted molar refractivity (Wildman–Crippen MR) is 119 cm³/mol. The lowest BCUT2D eigenvalue weighted by atomic mass is 9.81. The fourth-order valence-corrected chi connectivity index (χ4v) is 5.69. The first-order chi connectivity index (χ1) is 14.8. The van der Waals surface area contributed by atoms with Crippen LogP contribution in [0.4, 0.5) is 4.39 Å². The Labute approximate surface area is 179 Å². The largest absolute Gasteiger partial charge is 0.493 e. The zero-order valence-electron chi connectivity index (χ0n) is 17.9. The van der Waals surface area contributed by atoms with Crippen LogP contribution < -0.4 is 4.74 Å². The van der Waals surface area contributed by atoms with Gasteiger partial charge in [-0.2, -0.15) is 0 Å². The molecule has 0 saturated carbocycles. The van der Waals surface area contributed by atoms with E-state index in [-0.39, 0.29) is 11.7 Å². The van der Waals surface area contributed by atoms with E-state index in [9.17, 15) is 4.39 Å². The molecular formula is C26H33FN2O. The van der Waals surface area contributed by atoms with E-state index < -0.39 is 0 Å². The average Bonchev–Trinajstić information content (AvgIpc) is 3.26. The highest BCUT2D eigenvalue weighted by Gasteiger charge is 2.38. The van der Waals surface area contributed by atoms with Crippen LogP contribution in [-0.2, 0) is 0 Å². The molecule has 0 spiro atoms. The maximum atomic E-state index is 13.6. The smallest absolute Gasteiger partial charge is 0.123 e. The molecule has 2 unspecified atom stereocenters. The highest BCUT2D eigenvalue weighted by atomic mass is 19.1. The third kappa shape index (κ3) is 4.13. The Morgan fingerprint density at radius 3 is 2.60 bits per heavy atom. The van der Waals surface area contributed by atoms with E-state index in [2.05, 4.69) is 28.0 Å². The van der Waals surface area contributed by atoms with Crippen molar-refractivity contribution in [2.75, 3.05) is 39.3 Å². The van der Waals surface area contributed by atoms with E-state index in [1.54, 1.807) is 12.1 Å². The van der Waals surface area contributed by atoms with Gasteiger partial charge in [0.05, 0.1) is 6.61 Å². The fourth-order valence-electron chi connectivity index (χ4n) is 5.69. The highest BCUT2D eigenvalue weighted by Crippen LogP contribution is 2.47. The predicted octanol–water partition coefficient (Wildman–Crippen LogP) is 5.36. The van der Waals surface area contributed by atoms with Crippen molar-refractivity contribution < 1.29 is 9.13 Å². The van der Waals surface area contributed by atoms with Crippen LogP contribution in [0.15, 0.2) is 42.5 Å². The summed E-state index contributed by atoms with van der Waals surface area (Å²) in [5.74, 6) is 1.11. The van der Waals surface area contributed by atoms with Crippen molar-refractivity contribution in [2.45, 2.75) is 50.5 Å². The van der Waals surface area contributed by atoms with Gasteiger partial charge >= 0.3 is 0 Å². The van der Waals surface area contributed by atoms with Crippen molar-refractivity contribution in [1.29, 1.82) is 0 Å². The second-order valence-corrected chi connectivity index (χ2v) is 9.12. The molecular weight excluding hydrogens is 375 g/mol. The summed E-state index contributed by atoms with van der Waals surface area (Å²) < 4.78 is 20.0. The molecule has 0 N–H and O–H groups in total. The van der Waals surface area contributed by atoms with Crippen LogP contribution in [0.3, 0.4) is 0 Å². The van der Waals surface area contributed by atoms with E-state index >= 15 is 0 Å². The first kappa shape index (κ1) is 20.0. The summed E-state index contributed by atoms with van der Waals surface area (Å²) >= 11 is 0. The summed E-state index contributed by atoms with van der Waals surface area (Å²) in [5, 5.41) is 0. The van der Waals surface area contributed by atoms with Crippen molar-refractivity contribution in [2.24, 2.45) is 0 Å². The van der Waals surface area contributed by atoms with E-state index in [4.69, 9.17) is 4.74 Å². The zero-order chi connectivity index (χ0) is 20.3. The van der Waals surface area contributed by atoms with Gasteiger partial charge in [0, 0.05) is 30.6 Å². The maximum absolute atomic E-state index is 13.6. The number of hydrogen-bond acceptors (Lipinski definition) is 3. The van der Waals surface area contributed by atoms with Gasteiger partial charge in [0.1, 0.15) is 11.6 Å². The number of fused-ring (bicyclic) bond motifs is 3. The minimum Gasteiger partial charge on any atom is -0.493 e. The summed E-state index contributed by atoms with van der Waals surface area (Å²) in [6.45, 7) is 6.53. The fraction of sp³-hybridized carbons (Fsp3) is 0.538. The number of ether oxygens (including phenoxy) is 1. The van der Waals surface area contributed by atoms with Crippen LogP contribution in [0, 0.1) is 5.82 Å². The van der Waals surface area contributed by atoms with Crippen LogP contribution >= 0.6 is 0 Å². The monoisotopic (exact) mass is 408 g/mol. The molecule has 3 nitrogen and oxygen atoms in total. The van der Waals surface area contributed by atoms with E-state index in [0.29, 0.717) is 6.04 Å². The number of likely N-dealkylation sites (tertiary alicyclic amines) is 1. The molecule has 2 aromatic rings. The molecule has 3 aliphatic rings. The van der Waals surface area contributed by atoms with Crippen molar-refractivity contribution in [1.82, 2.24) is 9.80 Å². The Kier molecular flexibility index (Phi) is 6.05. The molecule has 2 aromatic carbocycles. The Morgan fingerprint density at radius 1 is 0.933 bits per heavy atom. The Bertz CT molecular complexity index is 847. The lowest BCUT2D eigenvalue weighted by Gasteiger charge is -2.38. The normalized spacial score (nSPS) is 24.4. The van der Waals surface area contributed by atoms with Gasteiger partial charge in [-0.1, -0.05) is 30.7 Å². The van der Waals surface area contributed by atoms with Crippen LogP contribution in [0.2, 0.25) is 0 Å². The van der Waals surface area contributed by atoms with Gasteiger partial charge in [0.15, 0.2) is 0 Å². The topological polar surface area (TPSA) is 15.7 Å². The number of piperidine rings is 1. The molecule has 30 heavy (non-hydrogen) atoms. The summed E-state index contributed by atoms with van der Waals surface area (Å²) in [4.78, 5) is 5.18. The molecule has 0 radical (unpaired) electrons. The first-order valence-electron chi connectivity index (χ1n) is 11.8.